The number of nitrogens with two attached hydrogens (primary N) is 1. The van der Waals surface area contributed by atoms with Crippen LogP contribution >= 0.6 is 11.3 Å². The summed E-state index contributed by atoms with van der Waals surface area (Å²) in [6.45, 7) is 2.27. The second kappa shape index (κ2) is 4.18. The van der Waals surface area contributed by atoms with Gasteiger partial charge >= 0.3 is 5.97 Å². The quantitative estimate of drug-likeness (QED) is 0.774. The zero-order valence-electron chi connectivity index (χ0n) is 8.66. The molecule has 0 amide bonds. The third-order valence-corrected chi connectivity index (χ3v) is 3.56. The molecule has 1 aliphatic carbocycles. The molecule has 1 aromatic rings. The average Bonchev–Trinajstić information content (AvgIpc) is 2.57. The molecule has 0 saturated carbocycles. The Morgan fingerprint density at radius 3 is 3.27 bits per heavy atom. The Labute approximate surface area is 92.5 Å². The lowest BCUT2D eigenvalue weighted by molar-refractivity contribution is -0.148. The number of fused-ring (bicyclic) bond motifs is 1. The van der Waals surface area contributed by atoms with Crippen molar-refractivity contribution in [3.8, 4) is 0 Å². The fraction of sp³-hybridized carbons (Fsp3) is 0.600. The van der Waals surface area contributed by atoms with Crippen LogP contribution in [-0.2, 0) is 22.4 Å². The molecule has 5 heteroatoms. The summed E-state index contributed by atoms with van der Waals surface area (Å²) < 4.78 is 5.01. The first-order chi connectivity index (χ1) is 7.20. The van der Waals surface area contributed by atoms with Gasteiger partial charge in [0.2, 0.25) is 0 Å². The molecule has 0 aromatic carbocycles. The highest BCUT2D eigenvalue weighted by Gasteiger charge is 2.27. The standard InChI is InChI=1S/C10H14N2O2S/c1-2-14-9(13)6-3-4-8-7(5-6)12-10(11)15-8/h6H,2-5H2,1H3,(H2,11,12). The van der Waals surface area contributed by atoms with E-state index in [0.29, 0.717) is 18.2 Å². The monoisotopic (exact) mass is 226 g/mol. The Morgan fingerprint density at radius 1 is 1.73 bits per heavy atom. The molecule has 1 aromatic heterocycles. The summed E-state index contributed by atoms with van der Waals surface area (Å²) in [6.07, 6.45) is 2.43. The molecule has 15 heavy (non-hydrogen) atoms. The second-order valence-electron chi connectivity index (χ2n) is 3.61. The Kier molecular flexibility index (Phi) is 2.90. The van der Waals surface area contributed by atoms with E-state index in [4.69, 9.17) is 10.5 Å². The number of ether oxygens (including phenoxy) is 1. The van der Waals surface area contributed by atoms with E-state index in [2.05, 4.69) is 4.98 Å². The summed E-state index contributed by atoms with van der Waals surface area (Å²) in [4.78, 5) is 17.0. The Morgan fingerprint density at radius 2 is 2.53 bits per heavy atom. The molecule has 82 valence electrons. The molecule has 0 saturated heterocycles. The van der Waals surface area contributed by atoms with Gasteiger partial charge in [0.25, 0.3) is 0 Å². The number of anilines is 1. The first-order valence-corrected chi connectivity index (χ1v) is 5.93. The summed E-state index contributed by atoms with van der Waals surface area (Å²) >= 11 is 1.53. The smallest absolute Gasteiger partial charge is 0.309 e. The van der Waals surface area contributed by atoms with E-state index in [1.165, 1.54) is 16.2 Å². The highest BCUT2D eigenvalue weighted by Crippen LogP contribution is 2.31. The van der Waals surface area contributed by atoms with Gasteiger partial charge in [0.15, 0.2) is 5.13 Å². The predicted octanol–water partition coefficient (Wildman–Crippen LogP) is 1.39. The lowest BCUT2D eigenvalue weighted by Gasteiger charge is -2.18. The molecule has 1 unspecified atom stereocenters. The van der Waals surface area contributed by atoms with Crippen LogP contribution in [0.1, 0.15) is 23.9 Å². The highest BCUT2D eigenvalue weighted by molar-refractivity contribution is 7.15. The van der Waals surface area contributed by atoms with Crippen LogP contribution in [0, 0.1) is 5.92 Å². The van der Waals surface area contributed by atoms with Crippen molar-refractivity contribution in [3.05, 3.63) is 10.6 Å². The molecule has 0 fully saturated rings. The molecule has 1 heterocycles. The summed E-state index contributed by atoms with van der Waals surface area (Å²) in [5.74, 6) is -0.131. The van der Waals surface area contributed by atoms with Crippen LogP contribution in [0.3, 0.4) is 0 Å². The van der Waals surface area contributed by atoms with E-state index in [-0.39, 0.29) is 11.9 Å². The summed E-state index contributed by atoms with van der Waals surface area (Å²) in [6, 6.07) is 0. The first-order valence-electron chi connectivity index (χ1n) is 5.11. The number of rotatable bonds is 2. The number of hydrogen-bond donors (Lipinski definition) is 1. The average molecular weight is 226 g/mol. The fourth-order valence-corrected chi connectivity index (χ4v) is 2.74. The number of carbonyl (C=O) groups excluding carboxylic acids is 1. The van der Waals surface area contributed by atoms with Crippen LogP contribution in [0.5, 0.6) is 0 Å². The molecule has 2 N–H and O–H groups in total. The second-order valence-corrected chi connectivity index (χ2v) is 4.73. The number of aryl methyl sites for hydroxylation is 1. The molecular formula is C10H14N2O2S. The highest BCUT2D eigenvalue weighted by atomic mass is 32.1. The minimum Gasteiger partial charge on any atom is -0.466 e. The lowest BCUT2D eigenvalue weighted by atomic mass is 9.91. The first kappa shape index (κ1) is 10.4. The molecular weight excluding hydrogens is 212 g/mol. The van der Waals surface area contributed by atoms with E-state index in [1.54, 1.807) is 0 Å². The zero-order chi connectivity index (χ0) is 10.8. The minimum absolute atomic E-state index is 0.0288. The maximum atomic E-state index is 11.5. The van der Waals surface area contributed by atoms with E-state index in [0.717, 1.165) is 18.5 Å². The van der Waals surface area contributed by atoms with Gasteiger partial charge in [0.05, 0.1) is 18.2 Å². The number of thiazole rings is 1. The van der Waals surface area contributed by atoms with Gasteiger partial charge < -0.3 is 10.5 Å². The van der Waals surface area contributed by atoms with Crippen molar-refractivity contribution >= 4 is 22.4 Å². The van der Waals surface area contributed by atoms with Crippen LogP contribution in [0.4, 0.5) is 5.13 Å². The summed E-state index contributed by atoms with van der Waals surface area (Å²) in [5.41, 5.74) is 6.62. The van der Waals surface area contributed by atoms with Gasteiger partial charge in [-0.25, -0.2) is 4.98 Å². The number of nitrogen functional groups attached to an aromatic ring is 1. The van der Waals surface area contributed by atoms with Crippen molar-refractivity contribution in [2.75, 3.05) is 12.3 Å². The summed E-state index contributed by atoms with van der Waals surface area (Å²) in [5, 5.41) is 0.601. The molecule has 4 nitrogen and oxygen atoms in total. The van der Waals surface area contributed by atoms with Crippen LogP contribution in [0.25, 0.3) is 0 Å². The van der Waals surface area contributed by atoms with E-state index >= 15 is 0 Å². The molecule has 1 atom stereocenters. The Hall–Kier alpha value is -1.10. The topological polar surface area (TPSA) is 65.2 Å². The van der Waals surface area contributed by atoms with Gasteiger partial charge in [-0.05, 0) is 19.8 Å². The fourth-order valence-electron chi connectivity index (χ4n) is 1.86. The van der Waals surface area contributed by atoms with E-state index in [9.17, 15) is 4.79 Å². The van der Waals surface area contributed by atoms with Crippen molar-refractivity contribution in [2.24, 2.45) is 5.92 Å². The van der Waals surface area contributed by atoms with Gasteiger partial charge in [0, 0.05) is 11.3 Å². The van der Waals surface area contributed by atoms with Crippen LogP contribution in [0.15, 0.2) is 0 Å². The molecule has 0 aliphatic heterocycles. The minimum atomic E-state index is -0.102. The number of hydrogen-bond acceptors (Lipinski definition) is 5. The van der Waals surface area contributed by atoms with E-state index < -0.39 is 0 Å². The van der Waals surface area contributed by atoms with Gasteiger partial charge in [-0.2, -0.15) is 0 Å². The van der Waals surface area contributed by atoms with Crippen molar-refractivity contribution in [2.45, 2.75) is 26.2 Å². The van der Waals surface area contributed by atoms with Crippen LogP contribution in [-0.4, -0.2) is 17.6 Å². The molecule has 1 aliphatic rings. The van der Waals surface area contributed by atoms with E-state index in [1.807, 2.05) is 6.92 Å². The van der Waals surface area contributed by atoms with Crippen molar-refractivity contribution < 1.29 is 9.53 Å². The molecule has 0 bridgehead atoms. The number of esters is 1. The Bertz CT molecular complexity index is 375. The van der Waals surface area contributed by atoms with Gasteiger partial charge in [-0.1, -0.05) is 0 Å². The number of carbonyl (C=O) groups is 1. The zero-order valence-corrected chi connectivity index (χ0v) is 9.47. The molecule has 2 rings (SSSR count). The van der Waals surface area contributed by atoms with Crippen LogP contribution < -0.4 is 5.73 Å². The maximum absolute atomic E-state index is 11.5. The number of aromatic nitrogens is 1. The SMILES string of the molecule is CCOC(=O)C1CCc2sc(N)nc2C1. The third-order valence-electron chi connectivity index (χ3n) is 2.57. The summed E-state index contributed by atoms with van der Waals surface area (Å²) in [7, 11) is 0. The van der Waals surface area contributed by atoms with Gasteiger partial charge in [-0.15, -0.1) is 11.3 Å². The molecule has 0 spiro atoms. The van der Waals surface area contributed by atoms with Gasteiger partial charge in [0.1, 0.15) is 0 Å². The molecule has 0 radical (unpaired) electrons. The van der Waals surface area contributed by atoms with Crippen molar-refractivity contribution in [3.63, 3.8) is 0 Å². The lowest BCUT2D eigenvalue weighted by Crippen LogP contribution is -2.24. The number of nitrogens with zero attached hydrogens (tertiary/aromatic N) is 1. The Balaban J connectivity index is 2.08. The van der Waals surface area contributed by atoms with Crippen molar-refractivity contribution in [1.82, 2.24) is 4.98 Å². The maximum Gasteiger partial charge on any atom is 0.309 e. The largest absolute Gasteiger partial charge is 0.466 e. The third kappa shape index (κ3) is 2.12. The normalized spacial score (nSPS) is 19.7. The van der Waals surface area contributed by atoms with Gasteiger partial charge in [-0.3, -0.25) is 4.79 Å². The van der Waals surface area contributed by atoms with Crippen molar-refractivity contribution in [1.29, 1.82) is 0 Å². The predicted molar refractivity (Wildman–Crippen MR) is 58.7 cm³/mol. The van der Waals surface area contributed by atoms with Crippen LogP contribution in [0.2, 0.25) is 0 Å².